The van der Waals surface area contributed by atoms with Gasteiger partial charge < -0.3 is 10.7 Å². The number of pyridine rings is 1. The van der Waals surface area contributed by atoms with Crippen molar-refractivity contribution in [1.29, 1.82) is 0 Å². The molecule has 1 aromatic heterocycles. The van der Waals surface area contributed by atoms with Crippen LogP contribution in [0.15, 0.2) is 23.0 Å². The van der Waals surface area contributed by atoms with E-state index in [-0.39, 0.29) is 12.1 Å². The summed E-state index contributed by atoms with van der Waals surface area (Å²) in [6.07, 6.45) is 0. The Morgan fingerprint density at radius 1 is 1.27 bits per heavy atom. The molecule has 0 atom stereocenters. The fraction of sp³-hybridized carbons (Fsp3) is 0.100. The third-order valence-corrected chi connectivity index (χ3v) is 2.68. The summed E-state index contributed by atoms with van der Waals surface area (Å²) in [7, 11) is 0. The third kappa shape index (κ3) is 1.86. The second-order valence-electron chi connectivity index (χ2n) is 3.18. The number of hydrogen-bond acceptors (Lipinski definition) is 2. The molecule has 2 aromatic rings. The number of halogens is 2. The molecule has 3 N–H and O–H groups in total. The van der Waals surface area contributed by atoms with E-state index in [1.807, 2.05) is 0 Å². The molecule has 2 rings (SSSR count). The van der Waals surface area contributed by atoms with Gasteiger partial charge in [-0.25, -0.2) is 0 Å². The van der Waals surface area contributed by atoms with Gasteiger partial charge in [0.2, 0.25) is 0 Å². The predicted octanol–water partition coefficient (Wildman–Crippen LogP) is 2.29. The van der Waals surface area contributed by atoms with Gasteiger partial charge in [0.1, 0.15) is 0 Å². The van der Waals surface area contributed by atoms with Crippen LogP contribution in [0.5, 0.6) is 0 Å². The second kappa shape index (κ2) is 3.85. The second-order valence-corrected chi connectivity index (χ2v) is 4.02. The van der Waals surface area contributed by atoms with Gasteiger partial charge in [-0.15, -0.1) is 0 Å². The van der Waals surface area contributed by atoms with E-state index in [4.69, 9.17) is 28.9 Å². The minimum atomic E-state index is -0.214. The molecule has 1 aromatic carbocycles. The maximum absolute atomic E-state index is 11.5. The molecule has 0 aliphatic heterocycles. The Morgan fingerprint density at radius 3 is 2.67 bits per heavy atom. The van der Waals surface area contributed by atoms with Crippen LogP contribution in [0, 0.1) is 0 Å². The van der Waals surface area contributed by atoms with Crippen molar-refractivity contribution in [3.05, 3.63) is 44.2 Å². The van der Waals surface area contributed by atoms with E-state index < -0.39 is 0 Å². The molecule has 0 spiro atoms. The Balaban J connectivity index is 2.87. The highest BCUT2D eigenvalue weighted by atomic mass is 35.5. The topological polar surface area (TPSA) is 58.9 Å². The Hall–Kier alpha value is -1.03. The van der Waals surface area contributed by atoms with Crippen LogP contribution >= 0.6 is 23.2 Å². The lowest BCUT2D eigenvalue weighted by Gasteiger charge is -2.03. The lowest BCUT2D eigenvalue weighted by atomic mass is 10.1. The molecular formula is C10H8Cl2N2O. The van der Waals surface area contributed by atoms with Gasteiger partial charge in [0, 0.05) is 22.5 Å². The van der Waals surface area contributed by atoms with Gasteiger partial charge in [0.05, 0.1) is 10.5 Å². The summed E-state index contributed by atoms with van der Waals surface area (Å²) >= 11 is 11.8. The molecular weight excluding hydrogens is 235 g/mol. The van der Waals surface area contributed by atoms with Gasteiger partial charge in [0.15, 0.2) is 0 Å². The first-order valence-corrected chi connectivity index (χ1v) is 5.08. The molecule has 0 unspecified atom stereocenters. The highest BCUT2D eigenvalue weighted by Crippen LogP contribution is 2.25. The van der Waals surface area contributed by atoms with Crippen molar-refractivity contribution in [3.63, 3.8) is 0 Å². The quantitative estimate of drug-likeness (QED) is 0.807. The molecule has 0 aliphatic carbocycles. The van der Waals surface area contributed by atoms with Gasteiger partial charge in [-0.1, -0.05) is 23.2 Å². The van der Waals surface area contributed by atoms with Crippen molar-refractivity contribution in [2.24, 2.45) is 5.73 Å². The first-order valence-electron chi connectivity index (χ1n) is 4.33. The SMILES string of the molecule is NCc1cc2cc(Cl)cc(Cl)c2[nH]c1=O. The van der Waals surface area contributed by atoms with E-state index in [2.05, 4.69) is 4.98 Å². The van der Waals surface area contributed by atoms with Crippen LogP contribution in [0.1, 0.15) is 5.56 Å². The highest BCUT2D eigenvalue weighted by molar-refractivity contribution is 6.38. The average molecular weight is 243 g/mol. The fourth-order valence-corrected chi connectivity index (χ4v) is 1.99. The summed E-state index contributed by atoms with van der Waals surface area (Å²) in [5.41, 5.74) is 6.32. The summed E-state index contributed by atoms with van der Waals surface area (Å²) < 4.78 is 0. The maximum atomic E-state index is 11.5. The number of aromatic amines is 1. The molecule has 3 nitrogen and oxygen atoms in total. The number of nitrogens with two attached hydrogens (primary N) is 1. The smallest absolute Gasteiger partial charge is 0.252 e. The van der Waals surface area contributed by atoms with Gasteiger partial charge >= 0.3 is 0 Å². The first-order chi connectivity index (χ1) is 7.11. The third-order valence-electron chi connectivity index (χ3n) is 2.17. The molecule has 5 heteroatoms. The summed E-state index contributed by atoms with van der Waals surface area (Å²) in [5, 5.41) is 1.74. The molecule has 15 heavy (non-hydrogen) atoms. The van der Waals surface area contributed by atoms with Crippen LogP contribution < -0.4 is 11.3 Å². The van der Waals surface area contributed by atoms with Crippen LogP contribution in [0.4, 0.5) is 0 Å². The van der Waals surface area contributed by atoms with Gasteiger partial charge in [-0.05, 0) is 18.2 Å². The van der Waals surface area contributed by atoms with Crippen LogP contribution in [0.2, 0.25) is 10.0 Å². The van der Waals surface area contributed by atoms with E-state index in [9.17, 15) is 4.79 Å². The molecule has 0 saturated carbocycles. The molecule has 0 amide bonds. The minimum absolute atomic E-state index is 0.190. The Bertz CT molecular complexity index is 577. The van der Waals surface area contributed by atoms with Crippen LogP contribution in [-0.2, 0) is 6.54 Å². The molecule has 0 radical (unpaired) electrons. The molecule has 78 valence electrons. The van der Waals surface area contributed by atoms with E-state index >= 15 is 0 Å². The zero-order valence-corrected chi connectivity index (χ0v) is 9.19. The lowest BCUT2D eigenvalue weighted by molar-refractivity contribution is 1.03. The summed E-state index contributed by atoms with van der Waals surface area (Å²) in [4.78, 5) is 14.2. The van der Waals surface area contributed by atoms with E-state index in [0.29, 0.717) is 21.1 Å². The Labute approximate surface area is 95.8 Å². The number of H-pyrrole nitrogens is 1. The molecule has 0 fully saturated rings. The van der Waals surface area contributed by atoms with Crippen molar-refractivity contribution >= 4 is 34.1 Å². The number of rotatable bonds is 1. The van der Waals surface area contributed by atoms with E-state index in [1.165, 1.54) is 0 Å². The number of hydrogen-bond donors (Lipinski definition) is 2. The maximum Gasteiger partial charge on any atom is 0.252 e. The molecule has 1 heterocycles. The van der Waals surface area contributed by atoms with Crippen molar-refractivity contribution in [1.82, 2.24) is 4.98 Å². The standard InChI is InChI=1S/C10H8Cl2N2O/c11-7-2-5-1-6(4-13)10(15)14-9(5)8(12)3-7/h1-3H,4,13H2,(H,14,15). The largest absolute Gasteiger partial charge is 0.326 e. The normalized spacial score (nSPS) is 10.9. The number of nitrogens with one attached hydrogen (secondary N) is 1. The van der Waals surface area contributed by atoms with Gasteiger partial charge in [-0.2, -0.15) is 0 Å². The fourth-order valence-electron chi connectivity index (χ4n) is 1.44. The Morgan fingerprint density at radius 2 is 2.00 bits per heavy atom. The molecule has 0 bridgehead atoms. The number of benzene rings is 1. The molecule has 0 aliphatic rings. The van der Waals surface area contributed by atoms with Gasteiger partial charge in [-0.3, -0.25) is 4.79 Å². The zero-order valence-electron chi connectivity index (χ0n) is 7.68. The van der Waals surface area contributed by atoms with Crippen molar-refractivity contribution < 1.29 is 0 Å². The van der Waals surface area contributed by atoms with Crippen molar-refractivity contribution in [3.8, 4) is 0 Å². The summed E-state index contributed by atoms with van der Waals surface area (Å²) in [6.45, 7) is 0.190. The van der Waals surface area contributed by atoms with E-state index in [1.54, 1.807) is 18.2 Å². The summed E-state index contributed by atoms with van der Waals surface area (Å²) in [5.74, 6) is 0. The minimum Gasteiger partial charge on any atom is -0.326 e. The summed E-state index contributed by atoms with van der Waals surface area (Å²) in [6, 6.07) is 5.02. The number of fused-ring (bicyclic) bond motifs is 1. The predicted molar refractivity (Wildman–Crippen MR) is 62.5 cm³/mol. The van der Waals surface area contributed by atoms with Crippen LogP contribution in [0.3, 0.4) is 0 Å². The van der Waals surface area contributed by atoms with Gasteiger partial charge in [0.25, 0.3) is 5.56 Å². The average Bonchev–Trinajstić information content (AvgIpc) is 2.18. The van der Waals surface area contributed by atoms with Crippen LogP contribution in [0.25, 0.3) is 10.9 Å². The molecule has 0 saturated heterocycles. The highest BCUT2D eigenvalue weighted by Gasteiger charge is 2.05. The van der Waals surface area contributed by atoms with Crippen molar-refractivity contribution in [2.75, 3.05) is 0 Å². The Kier molecular flexibility index (Phi) is 2.69. The first kappa shape index (κ1) is 10.5. The number of aromatic nitrogens is 1. The lowest BCUT2D eigenvalue weighted by Crippen LogP contribution is -2.15. The monoisotopic (exact) mass is 242 g/mol. The van der Waals surface area contributed by atoms with Crippen molar-refractivity contribution in [2.45, 2.75) is 6.54 Å². The van der Waals surface area contributed by atoms with E-state index in [0.717, 1.165) is 5.39 Å². The van der Waals surface area contributed by atoms with Crippen LogP contribution in [-0.4, -0.2) is 4.98 Å². The zero-order chi connectivity index (χ0) is 11.0.